The monoisotopic (exact) mass is 310 g/mol. The van der Waals surface area contributed by atoms with Crippen molar-refractivity contribution in [1.82, 2.24) is 0 Å². The number of hydrogen-bond acceptors (Lipinski definition) is 3. The predicted molar refractivity (Wildman–Crippen MR) is 97.8 cm³/mol. The fraction of sp³-hybridized carbons (Fsp3) is 0.400. The van der Waals surface area contributed by atoms with Gasteiger partial charge in [-0.3, -0.25) is 0 Å². The zero-order chi connectivity index (χ0) is 16.1. The van der Waals surface area contributed by atoms with Crippen molar-refractivity contribution >= 4 is 11.4 Å². The molecule has 3 nitrogen and oxygen atoms in total. The molecule has 1 aliphatic heterocycles. The minimum absolute atomic E-state index is 0.788. The lowest BCUT2D eigenvalue weighted by atomic mass is 10.1. The van der Waals surface area contributed by atoms with Crippen molar-refractivity contribution in [3.8, 4) is 5.75 Å². The van der Waals surface area contributed by atoms with Crippen LogP contribution >= 0.6 is 0 Å². The third kappa shape index (κ3) is 3.98. The first-order valence-corrected chi connectivity index (χ1v) is 8.52. The Balaban J connectivity index is 1.49. The van der Waals surface area contributed by atoms with Crippen molar-refractivity contribution in [2.45, 2.75) is 26.7 Å². The van der Waals surface area contributed by atoms with E-state index in [2.05, 4.69) is 36.2 Å². The Kier molecular flexibility index (Phi) is 5.06. The molecule has 1 heterocycles. The van der Waals surface area contributed by atoms with Gasteiger partial charge in [0.15, 0.2) is 0 Å². The van der Waals surface area contributed by atoms with Gasteiger partial charge in [0.05, 0.1) is 18.0 Å². The summed E-state index contributed by atoms with van der Waals surface area (Å²) in [4.78, 5) is 2.50. The van der Waals surface area contributed by atoms with E-state index in [1.807, 2.05) is 30.3 Å². The first-order chi connectivity index (χ1) is 11.2. The highest BCUT2D eigenvalue weighted by atomic mass is 16.5. The van der Waals surface area contributed by atoms with Crippen molar-refractivity contribution < 1.29 is 4.74 Å². The standard InChI is InChI=1S/C20H26N2O/c1-16-14-19-20(15-17(16)2)22(12-10-21-19)11-6-7-13-23-18-8-4-3-5-9-18/h3-5,8-9,14-15,21H,6-7,10-13H2,1-2H3. The fourth-order valence-corrected chi connectivity index (χ4v) is 2.99. The number of rotatable bonds is 6. The number of nitrogens with zero attached hydrogens (tertiary/aromatic N) is 1. The Bertz CT molecular complexity index is 640. The van der Waals surface area contributed by atoms with E-state index in [0.29, 0.717) is 0 Å². The first-order valence-electron chi connectivity index (χ1n) is 8.52. The molecule has 0 radical (unpaired) electrons. The summed E-state index contributed by atoms with van der Waals surface area (Å²) in [5.41, 5.74) is 5.35. The zero-order valence-corrected chi connectivity index (χ0v) is 14.1. The maximum atomic E-state index is 5.77. The van der Waals surface area contributed by atoms with Crippen LogP contribution in [0.4, 0.5) is 11.4 Å². The van der Waals surface area contributed by atoms with Crippen LogP contribution in [0.2, 0.25) is 0 Å². The number of unbranched alkanes of at least 4 members (excludes halogenated alkanes) is 1. The van der Waals surface area contributed by atoms with Gasteiger partial charge in [-0.25, -0.2) is 0 Å². The molecular weight excluding hydrogens is 284 g/mol. The van der Waals surface area contributed by atoms with Crippen LogP contribution in [0, 0.1) is 13.8 Å². The van der Waals surface area contributed by atoms with Crippen molar-refractivity contribution in [2.75, 3.05) is 36.5 Å². The van der Waals surface area contributed by atoms with Crippen molar-refractivity contribution in [3.63, 3.8) is 0 Å². The molecule has 0 aromatic heterocycles. The molecule has 3 heteroatoms. The highest BCUT2D eigenvalue weighted by Gasteiger charge is 2.16. The summed E-state index contributed by atoms with van der Waals surface area (Å²) in [6, 6.07) is 14.6. The molecule has 3 rings (SSSR count). The van der Waals surface area contributed by atoms with Gasteiger partial charge >= 0.3 is 0 Å². The number of ether oxygens (including phenoxy) is 1. The van der Waals surface area contributed by atoms with Crippen LogP contribution in [0.25, 0.3) is 0 Å². The smallest absolute Gasteiger partial charge is 0.119 e. The Morgan fingerprint density at radius 1 is 1.04 bits per heavy atom. The molecule has 0 aliphatic carbocycles. The van der Waals surface area contributed by atoms with Crippen LogP contribution in [0.3, 0.4) is 0 Å². The minimum atomic E-state index is 0.788. The molecule has 23 heavy (non-hydrogen) atoms. The van der Waals surface area contributed by atoms with Crippen molar-refractivity contribution in [1.29, 1.82) is 0 Å². The van der Waals surface area contributed by atoms with Crippen LogP contribution in [-0.2, 0) is 0 Å². The first kappa shape index (κ1) is 15.7. The summed E-state index contributed by atoms with van der Waals surface area (Å²) in [6.07, 6.45) is 2.23. The van der Waals surface area contributed by atoms with Gasteiger partial charge < -0.3 is 15.0 Å². The van der Waals surface area contributed by atoms with E-state index in [9.17, 15) is 0 Å². The lowest BCUT2D eigenvalue weighted by molar-refractivity contribution is 0.307. The predicted octanol–water partition coefficient (Wildman–Crippen LogP) is 4.39. The van der Waals surface area contributed by atoms with Crippen LogP contribution in [-0.4, -0.2) is 26.2 Å². The third-order valence-corrected chi connectivity index (χ3v) is 4.48. The minimum Gasteiger partial charge on any atom is -0.494 e. The molecule has 0 spiro atoms. The fourth-order valence-electron chi connectivity index (χ4n) is 2.99. The van der Waals surface area contributed by atoms with Crippen molar-refractivity contribution in [2.24, 2.45) is 0 Å². The quantitative estimate of drug-likeness (QED) is 0.801. The molecule has 1 aliphatic rings. The average Bonchev–Trinajstić information content (AvgIpc) is 2.57. The van der Waals surface area contributed by atoms with Gasteiger partial charge in [-0.1, -0.05) is 18.2 Å². The van der Waals surface area contributed by atoms with E-state index in [1.165, 1.54) is 22.5 Å². The number of para-hydroxylation sites is 1. The molecule has 0 unspecified atom stereocenters. The second-order valence-electron chi connectivity index (χ2n) is 6.24. The van der Waals surface area contributed by atoms with E-state index in [4.69, 9.17) is 4.74 Å². The number of aryl methyl sites for hydroxylation is 2. The summed E-state index contributed by atoms with van der Waals surface area (Å²) >= 11 is 0. The van der Waals surface area contributed by atoms with E-state index in [0.717, 1.165) is 44.8 Å². The largest absolute Gasteiger partial charge is 0.494 e. The summed E-state index contributed by atoms with van der Waals surface area (Å²) in [7, 11) is 0. The molecule has 0 fully saturated rings. The molecule has 122 valence electrons. The van der Waals surface area contributed by atoms with E-state index >= 15 is 0 Å². The summed E-state index contributed by atoms with van der Waals surface area (Å²) in [5.74, 6) is 0.964. The number of hydrogen-bond donors (Lipinski definition) is 1. The Morgan fingerprint density at radius 2 is 1.83 bits per heavy atom. The maximum absolute atomic E-state index is 5.77. The normalized spacial score (nSPS) is 13.4. The van der Waals surface area contributed by atoms with Gasteiger partial charge in [-0.2, -0.15) is 0 Å². The summed E-state index contributed by atoms with van der Waals surface area (Å²) in [5, 5.41) is 3.52. The lowest BCUT2D eigenvalue weighted by Gasteiger charge is -2.33. The Morgan fingerprint density at radius 3 is 2.65 bits per heavy atom. The number of nitrogens with one attached hydrogen (secondary N) is 1. The van der Waals surface area contributed by atoms with Gasteiger partial charge in [-0.05, 0) is 62.1 Å². The molecule has 0 bridgehead atoms. The summed E-state index contributed by atoms with van der Waals surface area (Å²) < 4.78 is 5.77. The molecule has 0 saturated heterocycles. The van der Waals surface area contributed by atoms with Crippen molar-refractivity contribution in [3.05, 3.63) is 53.6 Å². The molecule has 0 amide bonds. The SMILES string of the molecule is Cc1cc2c(cc1C)N(CCCCOc1ccccc1)CCN2. The van der Waals surface area contributed by atoms with E-state index < -0.39 is 0 Å². The molecule has 2 aromatic rings. The Hall–Kier alpha value is -2.16. The topological polar surface area (TPSA) is 24.5 Å². The van der Waals surface area contributed by atoms with Gasteiger partial charge in [0.2, 0.25) is 0 Å². The zero-order valence-electron chi connectivity index (χ0n) is 14.1. The van der Waals surface area contributed by atoms with Gasteiger partial charge in [0, 0.05) is 19.6 Å². The second kappa shape index (κ2) is 7.40. The Labute approximate surface area is 139 Å². The van der Waals surface area contributed by atoms with Gasteiger partial charge in [0.25, 0.3) is 0 Å². The third-order valence-electron chi connectivity index (χ3n) is 4.48. The number of anilines is 2. The van der Waals surface area contributed by atoms with E-state index in [-0.39, 0.29) is 0 Å². The van der Waals surface area contributed by atoms with Crippen LogP contribution in [0.15, 0.2) is 42.5 Å². The van der Waals surface area contributed by atoms with Gasteiger partial charge in [0.1, 0.15) is 5.75 Å². The summed E-state index contributed by atoms with van der Waals surface area (Å²) in [6.45, 7) is 8.35. The number of benzene rings is 2. The second-order valence-corrected chi connectivity index (χ2v) is 6.24. The number of fused-ring (bicyclic) bond motifs is 1. The highest BCUT2D eigenvalue weighted by Crippen LogP contribution is 2.32. The molecule has 0 saturated carbocycles. The maximum Gasteiger partial charge on any atom is 0.119 e. The molecule has 1 N–H and O–H groups in total. The van der Waals surface area contributed by atoms with E-state index in [1.54, 1.807) is 0 Å². The average molecular weight is 310 g/mol. The highest BCUT2D eigenvalue weighted by molar-refractivity contribution is 5.74. The molecule has 2 aromatic carbocycles. The lowest BCUT2D eigenvalue weighted by Crippen LogP contribution is -2.35. The van der Waals surface area contributed by atoms with Gasteiger partial charge in [-0.15, -0.1) is 0 Å². The van der Waals surface area contributed by atoms with Crippen LogP contribution in [0.5, 0.6) is 5.75 Å². The van der Waals surface area contributed by atoms with Crippen LogP contribution < -0.4 is 15.0 Å². The van der Waals surface area contributed by atoms with Crippen LogP contribution in [0.1, 0.15) is 24.0 Å². The molecule has 0 atom stereocenters. The molecular formula is C20H26N2O.